The van der Waals surface area contributed by atoms with E-state index in [9.17, 15) is 31.5 Å². The first-order chi connectivity index (χ1) is 15.0. The Morgan fingerprint density at radius 3 is 2.53 bits per heavy atom. The fraction of sp³-hybridized carbons (Fsp3) is 0.632. The van der Waals surface area contributed by atoms with E-state index in [1.54, 1.807) is 4.72 Å². The molecule has 2 aliphatic heterocycles. The van der Waals surface area contributed by atoms with Crippen molar-refractivity contribution in [2.45, 2.75) is 44.3 Å². The highest BCUT2D eigenvalue weighted by atomic mass is 32.2. The first-order valence-corrected chi connectivity index (χ1v) is 11.7. The normalized spacial score (nSPS) is 27.6. The highest BCUT2D eigenvalue weighted by Crippen LogP contribution is 2.42. The zero-order valence-corrected chi connectivity index (χ0v) is 17.7. The fourth-order valence-corrected chi connectivity index (χ4v) is 5.66. The van der Waals surface area contributed by atoms with E-state index in [0.29, 0.717) is 23.7 Å². The average Bonchev–Trinajstić information content (AvgIpc) is 2.98. The summed E-state index contributed by atoms with van der Waals surface area (Å²) in [4.78, 5) is 11.5. The van der Waals surface area contributed by atoms with Crippen molar-refractivity contribution < 1.29 is 40.6 Å². The number of amides is 1. The van der Waals surface area contributed by atoms with Crippen molar-refractivity contribution in [3.05, 3.63) is 17.4 Å². The minimum atomic E-state index is -4.32. The SMILES string of the molecule is O=C1CN(c2c(O)cc3c(c2F)CC(NCC2CCC(C(F)(F)F)CC2)CO3)S(=O)(=O)N1. The maximum atomic E-state index is 15.2. The quantitative estimate of drug-likeness (QED) is 0.568. The molecule has 1 aromatic carbocycles. The van der Waals surface area contributed by atoms with Gasteiger partial charge in [-0.1, -0.05) is 0 Å². The van der Waals surface area contributed by atoms with Gasteiger partial charge in [-0.3, -0.25) is 4.79 Å². The van der Waals surface area contributed by atoms with Crippen LogP contribution < -0.4 is 19.1 Å². The Morgan fingerprint density at radius 1 is 1.25 bits per heavy atom. The number of hydrogen-bond acceptors (Lipinski definition) is 6. The molecule has 4 rings (SSSR count). The predicted octanol–water partition coefficient (Wildman–Crippen LogP) is 1.97. The summed E-state index contributed by atoms with van der Waals surface area (Å²) in [6, 6.07) is 0.769. The highest BCUT2D eigenvalue weighted by Gasteiger charge is 2.42. The maximum Gasteiger partial charge on any atom is 0.391 e. The number of benzene rings is 1. The van der Waals surface area contributed by atoms with Crippen molar-refractivity contribution in [2.75, 3.05) is 24.0 Å². The molecular weight excluding hydrogens is 458 g/mol. The summed E-state index contributed by atoms with van der Waals surface area (Å²) in [6.07, 6.45) is -2.96. The van der Waals surface area contributed by atoms with E-state index in [4.69, 9.17) is 4.74 Å². The number of ether oxygens (including phenoxy) is 1. The van der Waals surface area contributed by atoms with Crippen LogP contribution in [0.2, 0.25) is 0 Å². The van der Waals surface area contributed by atoms with E-state index in [1.165, 1.54) is 0 Å². The van der Waals surface area contributed by atoms with E-state index in [2.05, 4.69) is 5.32 Å². The van der Waals surface area contributed by atoms with Crippen molar-refractivity contribution in [2.24, 2.45) is 11.8 Å². The number of nitrogens with one attached hydrogen (secondary N) is 2. The average molecular weight is 481 g/mol. The Kier molecular flexibility index (Phi) is 5.90. The number of carbonyl (C=O) groups excluding carboxylic acids is 1. The van der Waals surface area contributed by atoms with Gasteiger partial charge in [0.15, 0.2) is 5.82 Å². The second-order valence-electron chi connectivity index (χ2n) is 8.45. The molecule has 1 aromatic rings. The van der Waals surface area contributed by atoms with Crippen LogP contribution in [0, 0.1) is 17.7 Å². The Hall–Kier alpha value is -2.28. The maximum absolute atomic E-state index is 15.2. The van der Waals surface area contributed by atoms with Crippen molar-refractivity contribution in [1.29, 1.82) is 0 Å². The zero-order chi connectivity index (χ0) is 23.3. The fourth-order valence-electron chi connectivity index (χ4n) is 4.50. The number of carbonyl (C=O) groups is 1. The van der Waals surface area contributed by atoms with Gasteiger partial charge in [-0.05, 0) is 44.6 Å². The van der Waals surface area contributed by atoms with Crippen molar-refractivity contribution in [1.82, 2.24) is 10.0 Å². The minimum Gasteiger partial charge on any atom is -0.505 e. The van der Waals surface area contributed by atoms with E-state index < -0.39 is 52.0 Å². The standard InChI is InChI=1S/C19H23F4N3O5S/c20-17-13-5-12(24-7-10-1-3-11(4-2-10)19(21,22)23)9-31-15(13)6-14(27)18(17)26-8-16(28)25-32(26,29)30/h6,10-12,24,27H,1-5,7-9H2,(H,25,28). The number of hydrogen-bond donors (Lipinski definition) is 3. The third-order valence-electron chi connectivity index (χ3n) is 6.25. The van der Waals surface area contributed by atoms with Crippen molar-refractivity contribution in [3.8, 4) is 11.5 Å². The first-order valence-electron chi connectivity index (χ1n) is 10.3. The molecule has 0 bridgehead atoms. The zero-order valence-electron chi connectivity index (χ0n) is 16.9. The molecule has 1 aliphatic carbocycles. The summed E-state index contributed by atoms with van der Waals surface area (Å²) in [5, 5.41) is 13.4. The third-order valence-corrected chi connectivity index (χ3v) is 7.62. The topological polar surface area (TPSA) is 108 Å². The second kappa shape index (κ2) is 8.25. The summed E-state index contributed by atoms with van der Waals surface area (Å²) >= 11 is 0. The van der Waals surface area contributed by atoms with Gasteiger partial charge in [0.1, 0.15) is 30.3 Å². The number of phenolic OH excluding ortho intramolecular Hbond substituents is 1. The van der Waals surface area contributed by atoms with Crippen LogP contribution in [0.15, 0.2) is 6.07 Å². The molecule has 8 nitrogen and oxygen atoms in total. The Bertz CT molecular complexity index is 1010. The van der Waals surface area contributed by atoms with Crippen LogP contribution in [0.25, 0.3) is 0 Å². The van der Waals surface area contributed by atoms with E-state index >= 15 is 4.39 Å². The molecule has 13 heteroatoms. The van der Waals surface area contributed by atoms with Crippen LogP contribution in [-0.4, -0.2) is 51.3 Å². The molecule has 1 unspecified atom stereocenters. The second-order valence-corrected chi connectivity index (χ2v) is 10.0. The van der Waals surface area contributed by atoms with Crippen LogP contribution in [-0.2, 0) is 21.4 Å². The highest BCUT2D eigenvalue weighted by molar-refractivity contribution is 7.92. The van der Waals surface area contributed by atoms with Crippen LogP contribution in [0.5, 0.6) is 11.5 Å². The van der Waals surface area contributed by atoms with Gasteiger partial charge in [-0.2, -0.15) is 21.6 Å². The summed E-state index contributed by atoms with van der Waals surface area (Å²) in [6.45, 7) is -0.0423. The molecule has 1 saturated carbocycles. The molecule has 0 spiro atoms. The van der Waals surface area contributed by atoms with Gasteiger partial charge in [0.2, 0.25) is 0 Å². The lowest BCUT2D eigenvalue weighted by molar-refractivity contribution is -0.183. The summed E-state index contributed by atoms with van der Waals surface area (Å²) < 4.78 is 85.6. The van der Waals surface area contributed by atoms with Gasteiger partial charge in [0, 0.05) is 17.7 Å². The van der Waals surface area contributed by atoms with Gasteiger partial charge in [0.25, 0.3) is 5.91 Å². The summed E-state index contributed by atoms with van der Waals surface area (Å²) in [5.41, 5.74) is -0.575. The molecule has 1 saturated heterocycles. The number of phenols is 1. The molecule has 0 radical (unpaired) electrons. The minimum absolute atomic E-state index is 0.0527. The van der Waals surface area contributed by atoms with Crippen molar-refractivity contribution in [3.63, 3.8) is 0 Å². The van der Waals surface area contributed by atoms with Crippen LogP contribution in [0.3, 0.4) is 0 Å². The molecule has 3 aliphatic rings. The number of fused-ring (bicyclic) bond motifs is 1. The number of alkyl halides is 3. The van der Waals surface area contributed by atoms with Gasteiger partial charge in [-0.25, -0.2) is 13.4 Å². The summed E-state index contributed by atoms with van der Waals surface area (Å²) in [5.74, 6) is -3.64. The molecule has 2 fully saturated rings. The van der Waals surface area contributed by atoms with Gasteiger partial charge in [0.05, 0.1) is 5.92 Å². The van der Waals surface area contributed by atoms with Gasteiger partial charge < -0.3 is 15.2 Å². The molecule has 3 N–H and O–H groups in total. The van der Waals surface area contributed by atoms with Crippen LogP contribution in [0.1, 0.15) is 31.2 Å². The predicted molar refractivity (Wildman–Crippen MR) is 105 cm³/mol. The van der Waals surface area contributed by atoms with Crippen LogP contribution >= 0.6 is 0 Å². The number of halogens is 4. The lowest BCUT2D eigenvalue weighted by Gasteiger charge is -2.32. The monoisotopic (exact) mass is 481 g/mol. The smallest absolute Gasteiger partial charge is 0.391 e. The number of rotatable bonds is 4. The van der Waals surface area contributed by atoms with Gasteiger partial charge >= 0.3 is 16.4 Å². The van der Waals surface area contributed by atoms with Crippen LogP contribution in [0.4, 0.5) is 23.2 Å². The Balaban J connectivity index is 1.43. The first kappa shape index (κ1) is 22.9. The van der Waals surface area contributed by atoms with E-state index in [0.717, 1.165) is 6.07 Å². The molecule has 178 valence electrons. The Morgan fingerprint density at radius 2 is 1.94 bits per heavy atom. The molecule has 1 atom stereocenters. The van der Waals surface area contributed by atoms with Gasteiger partial charge in [-0.15, -0.1) is 0 Å². The van der Waals surface area contributed by atoms with E-state index in [1.807, 2.05) is 0 Å². The molecular formula is C19H23F4N3O5S. The molecule has 0 aromatic heterocycles. The largest absolute Gasteiger partial charge is 0.505 e. The number of aromatic hydroxyl groups is 1. The lowest BCUT2D eigenvalue weighted by atomic mass is 9.81. The third kappa shape index (κ3) is 4.45. The molecule has 1 amide bonds. The number of nitrogens with zero attached hydrogens (tertiary/aromatic N) is 1. The summed E-state index contributed by atoms with van der Waals surface area (Å²) in [7, 11) is -4.32. The molecule has 32 heavy (non-hydrogen) atoms. The Labute approximate surface area is 182 Å². The number of anilines is 1. The molecule has 2 heterocycles. The lowest BCUT2D eigenvalue weighted by Crippen LogP contribution is -2.43. The van der Waals surface area contributed by atoms with Crippen molar-refractivity contribution >= 4 is 21.8 Å². The van der Waals surface area contributed by atoms with E-state index in [-0.39, 0.29) is 49.1 Å².